The van der Waals surface area contributed by atoms with Gasteiger partial charge in [0.15, 0.2) is 0 Å². The van der Waals surface area contributed by atoms with Gasteiger partial charge in [0.1, 0.15) is 5.75 Å². The van der Waals surface area contributed by atoms with E-state index in [-0.39, 0.29) is 11.7 Å². The topological polar surface area (TPSA) is 40.5 Å². The molecule has 1 heterocycles. The third-order valence-electron chi connectivity index (χ3n) is 3.97. The standard InChI is InChI=1S/C16H23NO2/c1-2-6-13-7-5-11-17(12-10-13)16(19)14-8-3-4-9-15(14)18/h3-4,8-9,13,18H,2,5-7,10-12H2,1H3. The molecule has 3 nitrogen and oxygen atoms in total. The van der Waals surface area contributed by atoms with Crippen LogP contribution in [0.5, 0.6) is 5.75 Å². The second kappa shape index (κ2) is 6.60. The monoisotopic (exact) mass is 261 g/mol. The van der Waals surface area contributed by atoms with Gasteiger partial charge in [0.05, 0.1) is 5.56 Å². The molecule has 19 heavy (non-hydrogen) atoms. The summed E-state index contributed by atoms with van der Waals surface area (Å²) in [6.07, 6.45) is 5.87. The second-order valence-corrected chi connectivity index (χ2v) is 5.39. The van der Waals surface area contributed by atoms with Crippen LogP contribution in [0.15, 0.2) is 24.3 Å². The van der Waals surface area contributed by atoms with Crippen LogP contribution in [0.2, 0.25) is 0 Å². The quantitative estimate of drug-likeness (QED) is 0.905. The van der Waals surface area contributed by atoms with E-state index in [4.69, 9.17) is 0 Å². The number of likely N-dealkylation sites (tertiary alicyclic amines) is 1. The number of benzene rings is 1. The van der Waals surface area contributed by atoms with Crippen molar-refractivity contribution >= 4 is 5.91 Å². The Bertz CT molecular complexity index is 431. The summed E-state index contributed by atoms with van der Waals surface area (Å²) in [4.78, 5) is 14.3. The van der Waals surface area contributed by atoms with Crippen LogP contribution in [0.25, 0.3) is 0 Å². The smallest absolute Gasteiger partial charge is 0.257 e. The molecule has 0 aromatic heterocycles. The number of amides is 1. The summed E-state index contributed by atoms with van der Waals surface area (Å²) in [6.45, 7) is 3.85. The van der Waals surface area contributed by atoms with Gasteiger partial charge in [-0.25, -0.2) is 0 Å². The molecular formula is C16H23NO2. The first-order valence-corrected chi connectivity index (χ1v) is 7.29. The Hall–Kier alpha value is -1.51. The Balaban J connectivity index is 2.02. The predicted molar refractivity (Wildman–Crippen MR) is 76.3 cm³/mol. The fourth-order valence-electron chi connectivity index (χ4n) is 2.89. The van der Waals surface area contributed by atoms with Gasteiger partial charge in [0, 0.05) is 13.1 Å². The molecule has 1 N–H and O–H groups in total. The molecule has 1 fully saturated rings. The van der Waals surface area contributed by atoms with Crippen LogP contribution in [0.1, 0.15) is 49.4 Å². The number of carbonyl (C=O) groups is 1. The van der Waals surface area contributed by atoms with E-state index in [1.54, 1.807) is 24.3 Å². The van der Waals surface area contributed by atoms with E-state index in [2.05, 4.69) is 6.92 Å². The largest absolute Gasteiger partial charge is 0.507 e. The lowest BCUT2D eigenvalue weighted by molar-refractivity contribution is 0.0757. The maximum absolute atomic E-state index is 12.4. The van der Waals surface area contributed by atoms with Gasteiger partial charge < -0.3 is 10.0 Å². The fraction of sp³-hybridized carbons (Fsp3) is 0.562. The van der Waals surface area contributed by atoms with E-state index < -0.39 is 0 Å². The fourth-order valence-corrected chi connectivity index (χ4v) is 2.89. The number of hydrogen-bond donors (Lipinski definition) is 1. The lowest BCUT2D eigenvalue weighted by Gasteiger charge is -2.21. The first-order chi connectivity index (χ1) is 9.22. The average molecular weight is 261 g/mol. The molecule has 0 radical (unpaired) electrons. The molecule has 1 unspecified atom stereocenters. The van der Waals surface area contributed by atoms with E-state index >= 15 is 0 Å². The Morgan fingerprint density at radius 3 is 2.84 bits per heavy atom. The SMILES string of the molecule is CCCC1CCCN(C(=O)c2ccccc2O)CC1. The van der Waals surface area contributed by atoms with Crippen LogP contribution in [0, 0.1) is 5.92 Å². The van der Waals surface area contributed by atoms with Gasteiger partial charge >= 0.3 is 0 Å². The summed E-state index contributed by atoms with van der Waals surface area (Å²) in [5.41, 5.74) is 0.427. The van der Waals surface area contributed by atoms with E-state index in [0.717, 1.165) is 31.8 Å². The normalized spacial score (nSPS) is 20.1. The van der Waals surface area contributed by atoms with Crippen molar-refractivity contribution in [3.05, 3.63) is 29.8 Å². The number of nitrogens with zero attached hydrogens (tertiary/aromatic N) is 1. The van der Waals surface area contributed by atoms with Gasteiger partial charge in [-0.15, -0.1) is 0 Å². The van der Waals surface area contributed by atoms with Crippen molar-refractivity contribution in [2.75, 3.05) is 13.1 Å². The van der Waals surface area contributed by atoms with Gasteiger partial charge in [-0.1, -0.05) is 31.9 Å². The number of phenolic OH excluding ortho intramolecular Hbond substituents is 1. The van der Waals surface area contributed by atoms with Gasteiger partial charge in [0.2, 0.25) is 0 Å². The van der Waals surface area contributed by atoms with Crippen LogP contribution in [0.4, 0.5) is 0 Å². The highest BCUT2D eigenvalue weighted by atomic mass is 16.3. The molecule has 3 heteroatoms. The molecule has 0 saturated carbocycles. The third-order valence-corrected chi connectivity index (χ3v) is 3.97. The minimum absolute atomic E-state index is 0.0322. The molecule has 0 bridgehead atoms. The zero-order valence-corrected chi connectivity index (χ0v) is 11.6. The van der Waals surface area contributed by atoms with Crippen molar-refractivity contribution in [1.82, 2.24) is 4.90 Å². The first-order valence-electron chi connectivity index (χ1n) is 7.29. The number of carbonyl (C=O) groups excluding carboxylic acids is 1. The van der Waals surface area contributed by atoms with Crippen LogP contribution >= 0.6 is 0 Å². The molecule has 2 rings (SSSR count). The van der Waals surface area contributed by atoms with Crippen molar-refractivity contribution < 1.29 is 9.90 Å². The van der Waals surface area contributed by atoms with E-state index in [0.29, 0.717) is 5.56 Å². The van der Waals surface area contributed by atoms with Crippen molar-refractivity contribution in [3.8, 4) is 5.75 Å². The Labute approximate surface area is 115 Å². The number of phenols is 1. The van der Waals surface area contributed by atoms with Crippen LogP contribution < -0.4 is 0 Å². The summed E-state index contributed by atoms with van der Waals surface area (Å²) in [5.74, 6) is 0.810. The minimum atomic E-state index is -0.0322. The molecule has 0 spiro atoms. The summed E-state index contributed by atoms with van der Waals surface area (Å²) in [6, 6.07) is 6.81. The molecule has 104 valence electrons. The van der Waals surface area contributed by atoms with Crippen molar-refractivity contribution in [3.63, 3.8) is 0 Å². The Morgan fingerprint density at radius 2 is 2.11 bits per heavy atom. The lowest BCUT2D eigenvalue weighted by atomic mass is 9.96. The van der Waals surface area contributed by atoms with Crippen molar-refractivity contribution in [2.24, 2.45) is 5.92 Å². The van der Waals surface area contributed by atoms with E-state index in [1.807, 2.05) is 4.90 Å². The number of aromatic hydroxyl groups is 1. The summed E-state index contributed by atoms with van der Waals surface area (Å²) in [7, 11) is 0. The average Bonchev–Trinajstić information content (AvgIpc) is 2.65. The molecule has 1 amide bonds. The first kappa shape index (κ1) is 13.9. The zero-order chi connectivity index (χ0) is 13.7. The summed E-state index contributed by atoms with van der Waals surface area (Å²) >= 11 is 0. The van der Waals surface area contributed by atoms with Gasteiger partial charge in [0.25, 0.3) is 5.91 Å². The third kappa shape index (κ3) is 3.49. The number of para-hydroxylation sites is 1. The molecule has 1 aromatic rings. The molecule has 1 aliphatic heterocycles. The highest BCUT2D eigenvalue weighted by molar-refractivity contribution is 5.96. The molecular weight excluding hydrogens is 238 g/mol. The lowest BCUT2D eigenvalue weighted by Crippen LogP contribution is -2.32. The van der Waals surface area contributed by atoms with Crippen LogP contribution in [0.3, 0.4) is 0 Å². The van der Waals surface area contributed by atoms with Crippen LogP contribution in [-0.2, 0) is 0 Å². The number of hydrogen-bond acceptors (Lipinski definition) is 2. The molecule has 1 aliphatic rings. The highest BCUT2D eigenvalue weighted by Gasteiger charge is 2.22. The Kier molecular flexibility index (Phi) is 4.83. The van der Waals surface area contributed by atoms with Crippen LogP contribution in [-0.4, -0.2) is 29.0 Å². The summed E-state index contributed by atoms with van der Waals surface area (Å²) in [5, 5.41) is 9.77. The molecule has 0 aliphatic carbocycles. The van der Waals surface area contributed by atoms with E-state index in [1.165, 1.54) is 19.3 Å². The van der Waals surface area contributed by atoms with Crippen molar-refractivity contribution in [1.29, 1.82) is 0 Å². The summed E-state index contributed by atoms with van der Waals surface area (Å²) < 4.78 is 0. The van der Waals surface area contributed by atoms with Gasteiger partial charge in [-0.05, 0) is 37.3 Å². The Morgan fingerprint density at radius 1 is 1.32 bits per heavy atom. The van der Waals surface area contributed by atoms with Crippen molar-refractivity contribution in [2.45, 2.75) is 39.0 Å². The second-order valence-electron chi connectivity index (χ2n) is 5.39. The predicted octanol–water partition coefficient (Wildman–Crippen LogP) is 3.43. The van der Waals surface area contributed by atoms with Gasteiger partial charge in [-0.3, -0.25) is 4.79 Å². The maximum Gasteiger partial charge on any atom is 0.257 e. The van der Waals surface area contributed by atoms with Gasteiger partial charge in [-0.2, -0.15) is 0 Å². The minimum Gasteiger partial charge on any atom is -0.507 e. The number of rotatable bonds is 3. The van der Waals surface area contributed by atoms with E-state index in [9.17, 15) is 9.90 Å². The molecule has 1 aromatic carbocycles. The highest BCUT2D eigenvalue weighted by Crippen LogP contribution is 2.24. The molecule has 1 saturated heterocycles. The zero-order valence-electron chi connectivity index (χ0n) is 11.6. The molecule has 1 atom stereocenters. The maximum atomic E-state index is 12.4.